The normalized spacial score (nSPS) is 31.9. The third-order valence-electron chi connectivity index (χ3n) is 4.80. The van der Waals surface area contributed by atoms with Crippen LogP contribution in [0.25, 0.3) is 0 Å². The van der Waals surface area contributed by atoms with E-state index >= 15 is 0 Å². The number of aryl methyl sites for hydroxylation is 2. The molecular formula is C16H25NO3. The molecule has 0 amide bonds. The molecule has 3 atom stereocenters. The lowest BCUT2D eigenvalue weighted by atomic mass is 9.79. The maximum Gasteiger partial charge on any atom is 0.105 e. The molecule has 4 heteroatoms. The molecule has 2 aliphatic rings. The molecule has 0 bridgehead atoms. The van der Waals surface area contributed by atoms with Gasteiger partial charge in [-0.15, -0.1) is 0 Å². The second-order valence-corrected chi connectivity index (χ2v) is 6.22. The number of nitrogens with one attached hydrogen (secondary N) is 1. The lowest BCUT2D eigenvalue weighted by Gasteiger charge is -2.40. The molecule has 4 nitrogen and oxygen atoms in total. The van der Waals surface area contributed by atoms with Crippen LogP contribution in [0.5, 0.6) is 0 Å². The summed E-state index contributed by atoms with van der Waals surface area (Å²) in [5.74, 6) is 2.60. The molecule has 2 fully saturated rings. The van der Waals surface area contributed by atoms with E-state index in [0.29, 0.717) is 12.0 Å². The highest BCUT2D eigenvalue weighted by Gasteiger charge is 2.43. The van der Waals surface area contributed by atoms with E-state index < -0.39 is 0 Å². The maximum absolute atomic E-state index is 6.05. The zero-order valence-electron chi connectivity index (χ0n) is 12.7. The van der Waals surface area contributed by atoms with Crippen molar-refractivity contribution in [2.24, 2.45) is 5.92 Å². The van der Waals surface area contributed by atoms with E-state index in [1.807, 2.05) is 14.0 Å². The third kappa shape index (κ3) is 2.52. The minimum Gasteiger partial charge on any atom is -0.466 e. The van der Waals surface area contributed by atoms with Crippen LogP contribution in [0.1, 0.15) is 42.4 Å². The summed E-state index contributed by atoms with van der Waals surface area (Å²) in [5, 5.41) is 3.49. The minimum absolute atomic E-state index is 0.0370. The van der Waals surface area contributed by atoms with Gasteiger partial charge < -0.3 is 19.2 Å². The van der Waals surface area contributed by atoms with E-state index in [0.717, 1.165) is 50.6 Å². The van der Waals surface area contributed by atoms with E-state index in [9.17, 15) is 0 Å². The van der Waals surface area contributed by atoms with Crippen LogP contribution in [0.4, 0.5) is 0 Å². The van der Waals surface area contributed by atoms with Gasteiger partial charge in [0.1, 0.15) is 11.5 Å². The highest BCUT2D eigenvalue weighted by Crippen LogP contribution is 2.41. The molecule has 1 aromatic heterocycles. The molecule has 2 saturated heterocycles. The number of hydrogen-bond acceptors (Lipinski definition) is 4. The van der Waals surface area contributed by atoms with Crippen LogP contribution in [0, 0.1) is 19.8 Å². The average Bonchev–Trinajstić information content (AvgIpc) is 2.99. The lowest BCUT2D eigenvalue weighted by molar-refractivity contribution is -0.103. The van der Waals surface area contributed by atoms with E-state index in [1.54, 1.807) is 0 Å². The van der Waals surface area contributed by atoms with E-state index in [-0.39, 0.29) is 5.60 Å². The number of rotatable bonds is 3. The smallest absolute Gasteiger partial charge is 0.105 e. The van der Waals surface area contributed by atoms with E-state index in [2.05, 4.69) is 18.3 Å². The van der Waals surface area contributed by atoms with Gasteiger partial charge in [-0.25, -0.2) is 0 Å². The second-order valence-electron chi connectivity index (χ2n) is 6.22. The predicted molar refractivity (Wildman–Crippen MR) is 76.8 cm³/mol. The molecule has 3 rings (SSSR count). The van der Waals surface area contributed by atoms with Gasteiger partial charge >= 0.3 is 0 Å². The maximum atomic E-state index is 6.05. The molecule has 1 N–H and O–H groups in total. The quantitative estimate of drug-likeness (QED) is 0.924. The molecule has 0 saturated carbocycles. The summed E-state index contributed by atoms with van der Waals surface area (Å²) in [7, 11) is 2.04. The monoisotopic (exact) mass is 279 g/mol. The van der Waals surface area contributed by atoms with Crippen molar-refractivity contribution < 1.29 is 13.9 Å². The van der Waals surface area contributed by atoms with Gasteiger partial charge in [-0.2, -0.15) is 0 Å². The average molecular weight is 279 g/mol. The zero-order valence-corrected chi connectivity index (χ0v) is 12.7. The second kappa shape index (κ2) is 5.51. The summed E-state index contributed by atoms with van der Waals surface area (Å²) in [6, 6.07) is 2.51. The van der Waals surface area contributed by atoms with Gasteiger partial charge in [0.05, 0.1) is 12.2 Å². The third-order valence-corrected chi connectivity index (χ3v) is 4.80. The standard InChI is InChI=1S/C16H25NO3/c1-11-8-14(12(2)20-11)15(17-3)13-4-6-19-16(9-13)5-7-18-10-16/h8,13,15,17H,4-7,9-10H2,1-3H3. The number of hydrogen-bond donors (Lipinski definition) is 1. The molecule has 0 radical (unpaired) electrons. The van der Waals surface area contributed by atoms with Crippen LogP contribution in [0.2, 0.25) is 0 Å². The van der Waals surface area contributed by atoms with Gasteiger partial charge in [0.25, 0.3) is 0 Å². The van der Waals surface area contributed by atoms with Gasteiger partial charge in [0, 0.05) is 31.2 Å². The summed E-state index contributed by atoms with van der Waals surface area (Å²) in [6.45, 7) is 6.49. The molecule has 2 aliphatic heterocycles. The topological polar surface area (TPSA) is 43.6 Å². The van der Waals surface area contributed by atoms with Gasteiger partial charge in [-0.1, -0.05) is 0 Å². The highest BCUT2D eigenvalue weighted by molar-refractivity contribution is 5.25. The minimum atomic E-state index is -0.0370. The van der Waals surface area contributed by atoms with Crippen LogP contribution in [0.15, 0.2) is 10.5 Å². The molecule has 0 aliphatic carbocycles. The van der Waals surface area contributed by atoms with Crippen molar-refractivity contribution in [2.45, 2.75) is 44.8 Å². The summed E-state index contributed by atoms with van der Waals surface area (Å²) in [4.78, 5) is 0. The van der Waals surface area contributed by atoms with E-state index in [1.165, 1.54) is 5.56 Å². The fourth-order valence-electron chi connectivity index (χ4n) is 3.82. The van der Waals surface area contributed by atoms with Crippen molar-refractivity contribution in [2.75, 3.05) is 26.9 Å². The lowest BCUT2D eigenvalue weighted by Crippen LogP contribution is -2.43. The van der Waals surface area contributed by atoms with Crippen molar-refractivity contribution in [1.82, 2.24) is 5.32 Å². The Kier molecular flexibility index (Phi) is 3.89. The van der Waals surface area contributed by atoms with Gasteiger partial charge in [-0.05, 0) is 45.7 Å². The first-order chi connectivity index (χ1) is 9.63. The fraction of sp³-hybridized carbons (Fsp3) is 0.750. The molecule has 112 valence electrons. The first-order valence-corrected chi connectivity index (χ1v) is 7.59. The van der Waals surface area contributed by atoms with E-state index in [4.69, 9.17) is 13.9 Å². The first-order valence-electron chi connectivity index (χ1n) is 7.59. The summed E-state index contributed by atoms with van der Waals surface area (Å²) >= 11 is 0. The van der Waals surface area contributed by atoms with Crippen molar-refractivity contribution in [3.8, 4) is 0 Å². The van der Waals surface area contributed by atoms with Crippen molar-refractivity contribution in [3.63, 3.8) is 0 Å². The Labute approximate surface area is 120 Å². The Balaban J connectivity index is 1.80. The fourth-order valence-corrected chi connectivity index (χ4v) is 3.82. The molecule has 1 aromatic rings. The Hall–Kier alpha value is -0.840. The molecule has 1 spiro atoms. The van der Waals surface area contributed by atoms with Crippen LogP contribution in [-0.4, -0.2) is 32.5 Å². The van der Waals surface area contributed by atoms with Crippen molar-refractivity contribution >= 4 is 0 Å². The summed E-state index contributed by atoms with van der Waals surface area (Å²) in [6.07, 6.45) is 3.20. The van der Waals surface area contributed by atoms with Crippen LogP contribution >= 0.6 is 0 Å². The van der Waals surface area contributed by atoms with Crippen LogP contribution in [-0.2, 0) is 9.47 Å². The largest absolute Gasteiger partial charge is 0.466 e. The Morgan fingerprint density at radius 2 is 2.20 bits per heavy atom. The predicted octanol–water partition coefficient (Wildman–Crippen LogP) is 2.74. The number of ether oxygens (including phenoxy) is 2. The molecule has 3 unspecified atom stereocenters. The van der Waals surface area contributed by atoms with Crippen LogP contribution < -0.4 is 5.32 Å². The summed E-state index contributed by atoms with van der Waals surface area (Å²) < 4.78 is 17.3. The van der Waals surface area contributed by atoms with Gasteiger partial charge in [0.2, 0.25) is 0 Å². The van der Waals surface area contributed by atoms with Crippen molar-refractivity contribution in [1.29, 1.82) is 0 Å². The SMILES string of the molecule is CNC(c1cc(C)oc1C)C1CCOC2(CCOC2)C1. The van der Waals surface area contributed by atoms with Crippen LogP contribution in [0.3, 0.4) is 0 Å². The van der Waals surface area contributed by atoms with Gasteiger partial charge in [-0.3, -0.25) is 0 Å². The molecule has 3 heterocycles. The Morgan fingerprint density at radius 3 is 2.80 bits per heavy atom. The summed E-state index contributed by atoms with van der Waals surface area (Å²) in [5.41, 5.74) is 1.26. The molecule has 20 heavy (non-hydrogen) atoms. The Morgan fingerprint density at radius 1 is 1.35 bits per heavy atom. The number of furan rings is 1. The van der Waals surface area contributed by atoms with Gasteiger partial charge in [0.15, 0.2) is 0 Å². The highest BCUT2D eigenvalue weighted by atomic mass is 16.6. The zero-order chi connectivity index (χ0) is 14.2. The Bertz CT molecular complexity index is 462. The first kappa shape index (κ1) is 14.1. The molecular weight excluding hydrogens is 254 g/mol. The van der Waals surface area contributed by atoms with Crippen molar-refractivity contribution in [3.05, 3.63) is 23.2 Å². The molecule has 0 aromatic carbocycles.